The molecule has 1 aromatic heterocycles. The molecule has 0 saturated carbocycles. The van der Waals surface area contributed by atoms with Gasteiger partial charge in [0.25, 0.3) is 0 Å². The second-order valence-corrected chi connectivity index (χ2v) is 2.48. The van der Waals surface area contributed by atoms with Gasteiger partial charge in [-0.1, -0.05) is 0 Å². The van der Waals surface area contributed by atoms with E-state index in [1.807, 2.05) is 0 Å². The average molecular weight is 182 g/mol. The lowest BCUT2D eigenvalue weighted by molar-refractivity contribution is -0.122. The lowest BCUT2D eigenvalue weighted by Gasteiger charge is -2.03. The first-order valence-corrected chi connectivity index (χ1v) is 3.97. The number of aromatic nitrogens is 2. The van der Waals surface area contributed by atoms with Gasteiger partial charge in [-0.15, -0.1) is 0 Å². The molecule has 0 bridgehead atoms. The van der Waals surface area contributed by atoms with Crippen LogP contribution in [0.3, 0.4) is 0 Å². The van der Waals surface area contributed by atoms with Crippen molar-refractivity contribution in [2.24, 2.45) is 0 Å². The third kappa shape index (κ3) is 3.71. The number of amides is 1. The Balaban J connectivity index is 2.18. The van der Waals surface area contributed by atoms with Crippen LogP contribution in [0.2, 0.25) is 0 Å². The maximum Gasteiger partial charge on any atom is 0.241 e. The topological polar surface area (TPSA) is 56.1 Å². The predicted octanol–water partition coefficient (Wildman–Crippen LogP) is -0.554. The number of nitrogens with one attached hydrogen (secondary N) is 1. The molecule has 1 amide bonds. The van der Waals surface area contributed by atoms with E-state index < -0.39 is 0 Å². The molecule has 13 heavy (non-hydrogen) atoms. The van der Waals surface area contributed by atoms with Crippen molar-refractivity contribution in [1.82, 2.24) is 15.1 Å². The number of carbonyl (C=O) groups excluding carboxylic acids is 1. The average Bonchev–Trinajstić information content (AvgIpc) is 2.57. The van der Waals surface area contributed by atoms with E-state index in [9.17, 15) is 4.79 Å². The van der Waals surface area contributed by atoms with Gasteiger partial charge in [0, 0.05) is 25.9 Å². The third-order valence-corrected chi connectivity index (χ3v) is 1.44. The summed E-state index contributed by atoms with van der Waals surface area (Å²) in [5.74, 6) is -0.0749. The van der Waals surface area contributed by atoms with Gasteiger partial charge in [-0.2, -0.15) is 5.10 Å². The highest BCUT2D eigenvalue weighted by atomic mass is 16.5. The molecule has 0 unspecified atom stereocenters. The van der Waals surface area contributed by atoms with E-state index >= 15 is 0 Å². The molecule has 0 aliphatic rings. The van der Waals surface area contributed by atoms with E-state index in [-0.39, 0.29) is 12.5 Å². The molecule has 5 heteroatoms. The van der Waals surface area contributed by atoms with Crippen molar-refractivity contribution in [2.75, 3.05) is 20.3 Å². The molecular weight excluding hydrogens is 170 g/mol. The second kappa shape index (κ2) is 5.31. The maximum absolute atomic E-state index is 11.1. The molecule has 0 fully saturated rings. The van der Waals surface area contributed by atoms with Gasteiger partial charge in [0.2, 0.25) is 5.91 Å². The summed E-state index contributed by atoms with van der Waals surface area (Å²) < 4.78 is 6.30. The molecule has 1 rings (SSSR count). The zero-order chi connectivity index (χ0) is 9.52. The number of hydrogen-bond acceptors (Lipinski definition) is 3. The van der Waals surface area contributed by atoms with Crippen LogP contribution in [-0.2, 0) is 16.1 Å². The molecule has 0 spiro atoms. The van der Waals surface area contributed by atoms with Gasteiger partial charge in [0.1, 0.15) is 6.54 Å². The number of carbonyl (C=O) groups is 1. The molecule has 0 saturated heterocycles. The quantitative estimate of drug-likeness (QED) is 0.621. The summed E-state index contributed by atoms with van der Waals surface area (Å²) in [6, 6.07) is 2.75. The van der Waals surface area contributed by atoms with Gasteiger partial charge >= 0.3 is 0 Å². The van der Waals surface area contributed by atoms with Crippen molar-refractivity contribution in [3.63, 3.8) is 0 Å². The molecule has 71 valence electrons. The lowest BCUT2D eigenvalue weighted by atomic mass is 10.5. The predicted molar refractivity (Wildman–Crippen MR) is 45.9 cm³/mol. The van der Waals surface area contributed by atoms with Gasteiger partial charge in [-0.05, 0) is 0 Å². The number of methoxy groups -OCH3 is 1. The summed E-state index contributed by atoms with van der Waals surface area (Å²) in [6.45, 7) is 1.28. The van der Waals surface area contributed by atoms with Gasteiger partial charge in [0.05, 0.1) is 12.8 Å². The van der Waals surface area contributed by atoms with E-state index in [4.69, 9.17) is 4.74 Å². The summed E-state index contributed by atoms with van der Waals surface area (Å²) in [5, 5.41) is 6.54. The Kier molecular flexibility index (Phi) is 3.98. The number of ether oxygens (including phenoxy) is 1. The number of nitrogens with zero attached hydrogens (tertiary/aromatic N) is 2. The van der Waals surface area contributed by atoms with Crippen LogP contribution < -0.4 is 5.32 Å². The Morgan fingerprint density at radius 2 is 2.62 bits per heavy atom. The fourth-order valence-corrected chi connectivity index (χ4v) is 0.842. The Morgan fingerprint density at radius 1 is 1.77 bits per heavy atom. The summed E-state index contributed by atoms with van der Waals surface area (Å²) >= 11 is 0. The maximum atomic E-state index is 11.1. The van der Waals surface area contributed by atoms with E-state index in [2.05, 4.69) is 16.5 Å². The molecule has 5 nitrogen and oxygen atoms in total. The third-order valence-electron chi connectivity index (χ3n) is 1.44. The summed E-state index contributed by atoms with van der Waals surface area (Å²) in [4.78, 5) is 11.1. The lowest BCUT2D eigenvalue weighted by Crippen LogP contribution is -2.30. The largest absolute Gasteiger partial charge is 0.383 e. The van der Waals surface area contributed by atoms with E-state index in [1.54, 1.807) is 13.3 Å². The first-order valence-electron chi connectivity index (χ1n) is 3.97. The van der Waals surface area contributed by atoms with Crippen molar-refractivity contribution in [1.29, 1.82) is 0 Å². The molecule has 1 N–H and O–H groups in total. The van der Waals surface area contributed by atoms with Gasteiger partial charge in [0.15, 0.2) is 0 Å². The van der Waals surface area contributed by atoms with Gasteiger partial charge in [-0.3, -0.25) is 9.48 Å². The molecule has 1 aromatic rings. The van der Waals surface area contributed by atoms with Crippen LogP contribution in [0.1, 0.15) is 0 Å². The molecule has 1 heterocycles. The zero-order valence-corrected chi connectivity index (χ0v) is 7.49. The monoisotopic (exact) mass is 182 g/mol. The summed E-state index contributed by atoms with van der Waals surface area (Å²) in [6.07, 6.45) is 3.14. The first kappa shape index (κ1) is 9.73. The Hall–Kier alpha value is -1.36. The Labute approximate surface area is 76.7 Å². The second-order valence-electron chi connectivity index (χ2n) is 2.48. The number of rotatable bonds is 5. The Morgan fingerprint density at radius 3 is 3.23 bits per heavy atom. The molecular formula is C8H12N3O2. The van der Waals surface area contributed by atoms with Crippen LogP contribution in [0.25, 0.3) is 0 Å². The fraction of sp³-hybridized carbons (Fsp3) is 0.500. The molecule has 0 aromatic carbocycles. The van der Waals surface area contributed by atoms with Crippen molar-refractivity contribution in [3.8, 4) is 0 Å². The molecule has 0 aliphatic carbocycles. The van der Waals surface area contributed by atoms with E-state index in [1.165, 1.54) is 10.9 Å². The van der Waals surface area contributed by atoms with Crippen LogP contribution in [0.5, 0.6) is 0 Å². The highest BCUT2D eigenvalue weighted by Crippen LogP contribution is 1.82. The van der Waals surface area contributed by atoms with Crippen LogP contribution in [-0.4, -0.2) is 35.9 Å². The molecule has 0 aliphatic heterocycles. The summed E-state index contributed by atoms with van der Waals surface area (Å²) in [7, 11) is 1.59. The van der Waals surface area contributed by atoms with Crippen molar-refractivity contribution in [2.45, 2.75) is 6.54 Å². The molecule has 0 atom stereocenters. The van der Waals surface area contributed by atoms with Crippen molar-refractivity contribution < 1.29 is 9.53 Å². The minimum atomic E-state index is -0.0749. The summed E-state index contributed by atoms with van der Waals surface area (Å²) in [5.41, 5.74) is 0. The number of hydrogen-bond donors (Lipinski definition) is 1. The zero-order valence-electron chi connectivity index (χ0n) is 7.49. The SMILES string of the molecule is COCCNC(=O)Cn1c[c]cn1. The van der Waals surface area contributed by atoms with Crippen LogP contribution in [0.4, 0.5) is 0 Å². The minimum Gasteiger partial charge on any atom is -0.383 e. The minimum absolute atomic E-state index is 0.0749. The van der Waals surface area contributed by atoms with Crippen molar-refractivity contribution in [3.05, 3.63) is 18.5 Å². The molecule has 1 radical (unpaired) electrons. The van der Waals surface area contributed by atoms with Crippen LogP contribution in [0.15, 0.2) is 12.4 Å². The van der Waals surface area contributed by atoms with E-state index in [0.717, 1.165) is 0 Å². The first-order chi connectivity index (χ1) is 6.33. The van der Waals surface area contributed by atoms with Crippen LogP contribution in [0, 0.1) is 6.07 Å². The highest BCUT2D eigenvalue weighted by Gasteiger charge is 2.00. The Bertz CT molecular complexity index is 246. The normalized spacial score (nSPS) is 9.92. The highest BCUT2D eigenvalue weighted by molar-refractivity contribution is 5.75. The smallest absolute Gasteiger partial charge is 0.241 e. The van der Waals surface area contributed by atoms with E-state index in [0.29, 0.717) is 13.2 Å². The van der Waals surface area contributed by atoms with Gasteiger partial charge in [-0.25, -0.2) is 0 Å². The van der Waals surface area contributed by atoms with Crippen molar-refractivity contribution >= 4 is 5.91 Å². The fourth-order valence-electron chi connectivity index (χ4n) is 0.842. The van der Waals surface area contributed by atoms with Crippen LogP contribution >= 0.6 is 0 Å². The standard InChI is InChI=1S/C8H12N3O2/c1-13-6-4-9-8(12)7-11-5-2-3-10-11/h3,5H,4,6-7H2,1H3,(H,9,12). The van der Waals surface area contributed by atoms with Gasteiger partial charge < -0.3 is 10.1 Å².